The van der Waals surface area contributed by atoms with Gasteiger partial charge in [0.15, 0.2) is 11.5 Å². The molecule has 0 saturated carbocycles. The molecular formula is C12H14O4. The van der Waals surface area contributed by atoms with Crippen LogP contribution in [0.15, 0.2) is 36.8 Å². The quantitative estimate of drug-likeness (QED) is 0.672. The maximum absolute atomic E-state index is 5.12. The van der Waals surface area contributed by atoms with E-state index in [4.69, 9.17) is 18.9 Å². The van der Waals surface area contributed by atoms with Gasteiger partial charge in [0, 0.05) is 0 Å². The lowest BCUT2D eigenvalue weighted by molar-refractivity contribution is -0.0334. The molecule has 1 aromatic rings. The summed E-state index contributed by atoms with van der Waals surface area (Å²) in [5, 5.41) is 0. The van der Waals surface area contributed by atoms with Crippen LogP contribution in [0.2, 0.25) is 0 Å². The van der Waals surface area contributed by atoms with Gasteiger partial charge in [-0.1, -0.05) is 12.1 Å². The summed E-state index contributed by atoms with van der Waals surface area (Å²) in [6.07, 6.45) is 3.03. The van der Waals surface area contributed by atoms with Crippen molar-refractivity contribution in [3.63, 3.8) is 0 Å². The molecule has 0 N–H and O–H groups in total. The van der Waals surface area contributed by atoms with Crippen molar-refractivity contribution in [2.75, 3.05) is 26.4 Å². The Hall–Kier alpha value is -1.52. The molecule has 1 saturated heterocycles. The molecule has 2 aliphatic heterocycles. The number of hydrogen-bond acceptors (Lipinski definition) is 4. The van der Waals surface area contributed by atoms with E-state index in [9.17, 15) is 0 Å². The molecular weight excluding hydrogens is 208 g/mol. The Balaban J connectivity index is 0.000000138. The largest absolute Gasteiger partial charge is 0.458 e. The number of rotatable bonds is 0. The highest BCUT2D eigenvalue weighted by Gasteiger charge is 2.04. The third-order valence-corrected chi connectivity index (χ3v) is 2.04. The molecule has 0 atom stereocenters. The maximum Gasteiger partial charge on any atom is 0.169 e. The van der Waals surface area contributed by atoms with Crippen molar-refractivity contribution in [1.82, 2.24) is 0 Å². The first-order chi connectivity index (χ1) is 7.97. The maximum atomic E-state index is 5.12. The van der Waals surface area contributed by atoms with Gasteiger partial charge < -0.3 is 18.9 Å². The summed E-state index contributed by atoms with van der Waals surface area (Å²) >= 11 is 0. The molecule has 0 radical (unpaired) electrons. The monoisotopic (exact) mass is 222 g/mol. The predicted octanol–water partition coefficient (Wildman–Crippen LogP) is 1.96. The fourth-order valence-electron chi connectivity index (χ4n) is 1.29. The highest BCUT2D eigenvalue weighted by Crippen LogP contribution is 2.28. The Morgan fingerprint density at radius 1 is 0.688 bits per heavy atom. The number of para-hydroxylation sites is 2. The van der Waals surface area contributed by atoms with Gasteiger partial charge in [0.1, 0.15) is 12.5 Å². The molecule has 0 unspecified atom stereocenters. The Morgan fingerprint density at radius 2 is 1.12 bits per heavy atom. The van der Waals surface area contributed by atoms with E-state index in [0.717, 1.165) is 37.9 Å². The summed E-state index contributed by atoms with van der Waals surface area (Å²) in [5.41, 5.74) is 0. The highest BCUT2D eigenvalue weighted by molar-refractivity contribution is 5.41. The SMILES string of the molecule is C1=COc2ccccc2O1.C1COCCO1. The second kappa shape index (κ2) is 6.15. The van der Waals surface area contributed by atoms with Crippen LogP contribution in [-0.4, -0.2) is 26.4 Å². The summed E-state index contributed by atoms with van der Waals surface area (Å²) < 4.78 is 20.1. The molecule has 0 bridgehead atoms. The van der Waals surface area contributed by atoms with Crippen LogP contribution in [-0.2, 0) is 9.47 Å². The van der Waals surface area contributed by atoms with Crippen LogP contribution < -0.4 is 9.47 Å². The minimum atomic E-state index is 0.769. The zero-order valence-electron chi connectivity index (χ0n) is 8.93. The number of benzene rings is 1. The standard InChI is InChI=1S/C8H6O2.C4H8O2/c1-2-4-8-7(3-1)9-5-6-10-8;1-2-6-4-3-5-1/h1-6H;1-4H2. The zero-order valence-corrected chi connectivity index (χ0v) is 8.93. The molecule has 0 spiro atoms. The van der Waals surface area contributed by atoms with Crippen molar-refractivity contribution < 1.29 is 18.9 Å². The summed E-state index contributed by atoms with van der Waals surface area (Å²) in [5.74, 6) is 1.54. The smallest absolute Gasteiger partial charge is 0.169 e. The van der Waals surface area contributed by atoms with Gasteiger partial charge in [-0.15, -0.1) is 0 Å². The second-order valence-corrected chi connectivity index (χ2v) is 3.18. The average molecular weight is 222 g/mol. The number of hydrogen-bond donors (Lipinski definition) is 0. The van der Waals surface area contributed by atoms with Gasteiger partial charge in [0.25, 0.3) is 0 Å². The first kappa shape index (κ1) is 11.0. The second-order valence-electron chi connectivity index (χ2n) is 3.18. The van der Waals surface area contributed by atoms with Gasteiger partial charge in [-0.3, -0.25) is 0 Å². The van der Waals surface area contributed by atoms with Gasteiger partial charge in [-0.05, 0) is 12.1 Å². The topological polar surface area (TPSA) is 36.9 Å². The van der Waals surface area contributed by atoms with Gasteiger partial charge >= 0.3 is 0 Å². The molecule has 4 nitrogen and oxygen atoms in total. The third-order valence-electron chi connectivity index (χ3n) is 2.04. The lowest BCUT2D eigenvalue weighted by Crippen LogP contribution is -2.16. The predicted molar refractivity (Wildman–Crippen MR) is 58.5 cm³/mol. The lowest BCUT2D eigenvalue weighted by atomic mass is 10.3. The molecule has 4 heteroatoms. The molecule has 0 aromatic heterocycles. The Labute approximate surface area is 94.4 Å². The molecule has 16 heavy (non-hydrogen) atoms. The normalized spacial score (nSPS) is 17.2. The van der Waals surface area contributed by atoms with Gasteiger partial charge in [-0.2, -0.15) is 0 Å². The highest BCUT2D eigenvalue weighted by atomic mass is 16.6. The van der Waals surface area contributed by atoms with Gasteiger partial charge in [-0.25, -0.2) is 0 Å². The summed E-state index contributed by atoms with van der Waals surface area (Å²) in [6, 6.07) is 7.53. The minimum absolute atomic E-state index is 0.769. The molecule has 1 aromatic carbocycles. The fourth-order valence-corrected chi connectivity index (χ4v) is 1.29. The Kier molecular flexibility index (Phi) is 4.22. The van der Waals surface area contributed by atoms with Crippen LogP contribution in [0.25, 0.3) is 0 Å². The number of ether oxygens (including phenoxy) is 4. The first-order valence-electron chi connectivity index (χ1n) is 5.20. The Morgan fingerprint density at radius 3 is 1.50 bits per heavy atom. The van der Waals surface area contributed by atoms with Crippen molar-refractivity contribution in [3.8, 4) is 11.5 Å². The van der Waals surface area contributed by atoms with Crippen molar-refractivity contribution in [1.29, 1.82) is 0 Å². The van der Waals surface area contributed by atoms with E-state index in [2.05, 4.69) is 0 Å². The zero-order chi connectivity index (χ0) is 11.1. The first-order valence-corrected chi connectivity index (χ1v) is 5.20. The van der Waals surface area contributed by atoms with Crippen LogP contribution in [0.4, 0.5) is 0 Å². The summed E-state index contributed by atoms with van der Waals surface area (Å²) in [7, 11) is 0. The lowest BCUT2D eigenvalue weighted by Gasteiger charge is -2.10. The number of fused-ring (bicyclic) bond motifs is 1. The Bertz CT molecular complexity index is 306. The van der Waals surface area contributed by atoms with Crippen LogP contribution in [0.5, 0.6) is 11.5 Å². The van der Waals surface area contributed by atoms with Crippen molar-refractivity contribution in [2.24, 2.45) is 0 Å². The average Bonchev–Trinajstić information content (AvgIpc) is 2.42. The van der Waals surface area contributed by atoms with Gasteiger partial charge in [0.2, 0.25) is 0 Å². The minimum Gasteiger partial charge on any atom is -0.458 e. The van der Waals surface area contributed by atoms with Crippen molar-refractivity contribution in [2.45, 2.75) is 0 Å². The van der Waals surface area contributed by atoms with E-state index in [1.165, 1.54) is 12.5 Å². The van der Waals surface area contributed by atoms with Crippen molar-refractivity contribution >= 4 is 0 Å². The molecule has 3 rings (SSSR count). The molecule has 1 fully saturated rings. The van der Waals surface area contributed by atoms with E-state index in [1.54, 1.807) is 0 Å². The van der Waals surface area contributed by atoms with E-state index in [1.807, 2.05) is 24.3 Å². The van der Waals surface area contributed by atoms with E-state index in [0.29, 0.717) is 0 Å². The van der Waals surface area contributed by atoms with Crippen LogP contribution in [0.1, 0.15) is 0 Å². The van der Waals surface area contributed by atoms with E-state index >= 15 is 0 Å². The van der Waals surface area contributed by atoms with Crippen LogP contribution in [0.3, 0.4) is 0 Å². The summed E-state index contributed by atoms with van der Waals surface area (Å²) in [4.78, 5) is 0. The molecule has 0 aliphatic carbocycles. The molecule has 2 heterocycles. The van der Waals surface area contributed by atoms with E-state index in [-0.39, 0.29) is 0 Å². The van der Waals surface area contributed by atoms with Crippen LogP contribution >= 0.6 is 0 Å². The van der Waals surface area contributed by atoms with Crippen molar-refractivity contribution in [3.05, 3.63) is 36.8 Å². The molecule has 2 aliphatic rings. The van der Waals surface area contributed by atoms with Gasteiger partial charge in [0.05, 0.1) is 26.4 Å². The molecule has 86 valence electrons. The third kappa shape index (κ3) is 3.25. The fraction of sp³-hybridized carbons (Fsp3) is 0.333. The van der Waals surface area contributed by atoms with E-state index < -0.39 is 0 Å². The summed E-state index contributed by atoms with van der Waals surface area (Å²) in [6.45, 7) is 3.11. The van der Waals surface area contributed by atoms with Crippen LogP contribution in [0, 0.1) is 0 Å². The molecule has 0 amide bonds.